The maximum Gasteiger partial charge on any atom is 0.148 e. The van der Waals surface area contributed by atoms with Gasteiger partial charge in [0.1, 0.15) is 15.6 Å². The van der Waals surface area contributed by atoms with E-state index in [1.54, 1.807) is 7.11 Å². The van der Waals surface area contributed by atoms with Crippen LogP contribution in [0, 0.1) is 0 Å². The second-order valence-electron chi connectivity index (χ2n) is 5.24. The summed E-state index contributed by atoms with van der Waals surface area (Å²) in [6, 6.07) is 8.14. The molecule has 1 fully saturated rings. The number of hydrogen-bond donors (Lipinski definition) is 1. The van der Waals surface area contributed by atoms with Crippen LogP contribution >= 0.6 is 0 Å². The van der Waals surface area contributed by atoms with Gasteiger partial charge in [-0.25, -0.2) is 8.42 Å². The number of hydrogen-bond acceptors (Lipinski definition) is 4. The summed E-state index contributed by atoms with van der Waals surface area (Å²) in [4.78, 5) is 0. The zero-order valence-electron chi connectivity index (χ0n) is 11.4. The van der Waals surface area contributed by atoms with Gasteiger partial charge >= 0.3 is 0 Å². The van der Waals surface area contributed by atoms with E-state index in [-0.39, 0.29) is 11.8 Å². The third-order valence-corrected chi connectivity index (χ3v) is 4.59. The summed E-state index contributed by atoms with van der Waals surface area (Å²) in [6.07, 6.45) is 3.22. The molecular formula is C14H21NO3S. The molecule has 1 aromatic rings. The molecule has 2 rings (SSSR count). The highest BCUT2D eigenvalue weighted by atomic mass is 32.2. The number of methoxy groups -OCH3 is 1. The Hall–Kier alpha value is -1.07. The van der Waals surface area contributed by atoms with Crippen LogP contribution in [-0.4, -0.2) is 40.1 Å². The van der Waals surface area contributed by atoms with E-state index in [0.29, 0.717) is 5.92 Å². The Morgan fingerprint density at radius 2 is 2.00 bits per heavy atom. The first-order chi connectivity index (χ1) is 8.98. The fraction of sp³-hybridized carbons (Fsp3) is 0.571. The molecule has 0 aromatic heterocycles. The van der Waals surface area contributed by atoms with Gasteiger partial charge < -0.3 is 10.1 Å². The normalized spacial score (nSPS) is 24.1. The smallest absolute Gasteiger partial charge is 0.148 e. The molecule has 1 aromatic carbocycles. The van der Waals surface area contributed by atoms with Crippen LogP contribution in [0.3, 0.4) is 0 Å². The summed E-state index contributed by atoms with van der Waals surface area (Å²) in [6.45, 7) is 0.872. The van der Waals surface area contributed by atoms with Gasteiger partial charge in [0.05, 0.1) is 12.9 Å². The van der Waals surface area contributed by atoms with Crippen LogP contribution in [0.25, 0.3) is 0 Å². The molecule has 0 aliphatic carbocycles. The van der Waals surface area contributed by atoms with Crippen LogP contribution < -0.4 is 10.1 Å². The highest BCUT2D eigenvalue weighted by molar-refractivity contribution is 7.90. The molecule has 5 heteroatoms. The molecule has 1 saturated heterocycles. The molecule has 1 aliphatic heterocycles. The Morgan fingerprint density at radius 1 is 1.32 bits per heavy atom. The summed E-state index contributed by atoms with van der Waals surface area (Å²) >= 11 is 0. The van der Waals surface area contributed by atoms with Gasteiger partial charge in [-0.3, -0.25) is 0 Å². The number of ether oxygens (including phenoxy) is 1. The summed E-state index contributed by atoms with van der Waals surface area (Å²) in [5.41, 5.74) is 1.26. The van der Waals surface area contributed by atoms with Crippen molar-refractivity contribution in [2.45, 2.75) is 24.8 Å². The fourth-order valence-electron chi connectivity index (χ4n) is 2.68. The maximum absolute atomic E-state index is 11.4. The summed E-state index contributed by atoms with van der Waals surface area (Å²) in [5, 5.41) is 3.29. The molecule has 0 amide bonds. The molecular weight excluding hydrogens is 262 g/mol. The van der Waals surface area contributed by atoms with Crippen molar-refractivity contribution in [3.8, 4) is 5.75 Å². The number of piperidine rings is 1. The van der Waals surface area contributed by atoms with Gasteiger partial charge in [0.15, 0.2) is 0 Å². The van der Waals surface area contributed by atoms with Gasteiger partial charge in [-0.15, -0.1) is 0 Å². The van der Waals surface area contributed by atoms with Crippen LogP contribution in [0.15, 0.2) is 24.3 Å². The van der Waals surface area contributed by atoms with Crippen LogP contribution in [0.5, 0.6) is 5.75 Å². The van der Waals surface area contributed by atoms with Crippen LogP contribution in [0.1, 0.15) is 24.3 Å². The zero-order valence-corrected chi connectivity index (χ0v) is 12.2. The van der Waals surface area contributed by atoms with E-state index in [2.05, 4.69) is 17.4 Å². The molecule has 0 saturated carbocycles. The molecule has 1 heterocycles. The monoisotopic (exact) mass is 283 g/mol. The average molecular weight is 283 g/mol. The van der Waals surface area contributed by atoms with Crippen molar-refractivity contribution in [3.63, 3.8) is 0 Å². The summed E-state index contributed by atoms with van der Waals surface area (Å²) in [5.74, 6) is 1.50. The molecule has 4 nitrogen and oxygen atoms in total. The molecule has 0 bridgehead atoms. The van der Waals surface area contributed by atoms with Gasteiger partial charge in [-0.2, -0.15) is 0 Å². The molecule has 2 unspecified atom stereocenters. The lowest BCUT2D eigenvalue weighted by Crippen LogP contribution is -2.41. The topological polar surface area (TPSA) is 55.4 Å². The highest BCUT2D eigenvalue weighted by Crippen LogP contribution is 2.29. The minimum Gasteiger partial charge on any atom is -0.497 e. The maximum atomic E-state index is 11.4. The minimum atomic E-state index is -2.92. The SMILES string of the molecule is COc1ccc(C2CCNC(CS(C)(=O)=O)C2)cc1. The third-order valence-electron chi connectivity index (χ3n) is 3.59. The van der Waals surface area contributed by atoms with Crippen molar-refractivity contribution in [1.82, 2.24) is 5.32 Å². The summed E-state index contributed by atoms with van der Waals surface area (Å²) < 4.78 is 27.9. The lowest BCUT2D eigenvalue weighted by atomic mass is 9.87. The number of nitrogens with one attached hydrogen (secondary N) is 1. The molecule has 19 heavy (non-hydrogen) atoms. The van der Waals surface area contributed by atoms with Crippen molar-refractivity contribution in [2.75, 3.05) is 25.7 Å². The van der Waals surface area contributed by atoms with E-state index >= 15 is 0 Å². The summed E-state index contributed by atoms with van der Waals surface area (Å²) in [7, 11) is -1.27. The van der Waals surface area contributed by atoms with E-state index in [4.69, 9.17) is 4.74 Å². The van der Waals surface area contributed by atoms with Crippen molar-refractivity contribution < 1.29 is 13.2 Å². The van der Waals surface area contributed by atoms with Crippen LogP contribution in [0.4, 0.5) is 0 Å². The predicted octanol–water partition coefficient (Wildman–Crippen LogP) is 1.58. The third kappa shape index (κ3) is 4.21. The Labute approximate surface area is 115 Å². The van der Waals surface area contributed by atoms with Crippen molar-refractivity contribution in [2.24, 2.45) is 0 Å². The molecule has 1 N–H and O–H groups in total. The lowest BCUT2D eigenvalue weighted by molar-refractivity contribution is 0.380. The van der Waals surface area contributed by atoms with Gasteiger partial charge in [0.2, 0.25) is 0 Å². The fourth-order valence-corrected chi connectivity index (χ4v) is 3.66. The first-order valence-electron chi connectivity index (χ1n) is 6.53. The van der Waals surface area contributed by atoms with Gasteiger partial charge in [0.25, 0.3) is 0 Å². The van der Waals surface area contributed by atoms with Crippen LogP contribution in [-0.2, 0) is 9.84 Å². The molecule has 1 aliphatic rings. The predicted molar refractivity (Wildman–Crippen MR) is 76.5 cm³/mol. The first-order valence-corrected chi connectivity index (χ1v) is 8.59. The van der Waals surface area contributed by atoms with Gasteiger partial charge in [-0.1, -0.05) is 12.1 Å². The average Bonchev–Trinajstić information content (AvgIpc) is 2.37. The van der Waals surface area contributed by atoms with Crippen molar-refractivity contribution >= 4 is 9.84 Å². The first kappa shape index (κ1) is 14.3. The Bertz CT molecular complexity index is 510. The minimum absolute atomic E-state index is 0.0656. The van der Waals surface area contributed by atoms with E-state index in [1.807, 2.05) is 12.1 Å². The number of sulfone groups is 1. The van der Waals surface area contributed by atoms with Gasteiger partial charge in [-0.05, 0) is 43.0 Å². The van der Waals surface area contributed by atoms with Crippen molar-refractivity contribution in [1.29, 1.82) is 0 Å². The van der Waals surface area contributed by atoms with Crippen LogP contribution in [0.2, 0.25) is 0 Å². The molecule has 0 radical (unpaired) electrons. The van der Waals surface area contributed by atoms with E-state index < -0.39 is 9.84 Å². The zero-order chi connectivity index (χ0) is 13.9. The van der Waals surface area contributed by atoms with E-state index in [1.165, 1.54) is 11.8 Å². The second-order valence-corrected chi connectivity index (χ2v) is 7.42. The quantitative estimate of drug-likeness (QED) is 0.911. The largest absolute Gasteiger partial charge is 0.497 e. The molecule has 0 spiro atoms. The Balaban J connectivity index is 2.03. The molecule has 2 atom stereocenters. The van der Waals surface area contributed by atoms with Gasteiger partial charge in [0, 0.05) is 12.3 Å². The number of benzene rings is 1. The van der Waals surface area contributed by atoms with E-state index in [9.17, 15) is 8.42 Å². The second kappa shape index (κ2) is 5.92. The molecule has 106 valence electrons. The Kier molecular flexibility index (Phi) is 4.47. The number of rotatable bonds is 4. The van der Waals surface area contributed by atoms with E-state index in [0.717, 1.165) is 25.1 Å². The standard InChI is InChI=1S/C14H21NO3S/c1-18-14-5-3-11(4-6-14)12-7-8-15-13(9-12)10-19(2,16)17/h3-6,12-13,15H,7-10H2,1-2H3. The Morgan fingerprint density at radius 3 is 2.58 bits per heavy atom. The highest BCUT2D eigenvalue weighted by Gasteiger charge is 2.25. The van der Waals surface area contributed by atoms with Crippen molar-refractivity contribution in [3.05, 3.63) is 29.8 Å². The lowest BCUT2D eigenvalue weighted by Gasteiger charge is -2.30.